The number of aliphatic hydroxyl groups excluding tert-OH is 1. The Kier molecular flexibility index (Phi) is 9.94. The second-order valence-electron chi connectivity index (χ2n) is 11.9. The molecule has 0 bridgehead atoms. The monoisotopic (exact) mass is 681 g/mol. The summed E-state index contributed by atoms with van der Waals surface area (Å²) in [6.07, 6.45) is 1.54. The molecule has 1 saturated heterocycles. The third-order valence-electron chi connectivity index (χ3n) is 8.51. The fourth-order valence-electron chi connectivity index (χ4n) is 5.97. The summed E-state index contributed by atoms with van der Waals surface area (Å²) < 4.78 is 57.4. The summed E-state index contributed by atoms with van der Waals surface area (Å²) in [4.78, 5) is 43.1. The third-order valence-corrected chi connectivity index (χ3v) is 8.51. The Hall–Kier alpha value is -5.97. The van der Waals surface area contributed by atoms with Gasteiger partial charge in [-0.2, -0.15) is 0 Å². The number of halogens is 4. The number of aliphatic hydroxyl groups is 1. The highest BCUT2D eigenvalue weighted by Crippen LogP contribution is 2.24. The minimum absolute atomic E-state index is 0.145. The lowest BCUT2D eigenvalue weighted by atomic mass is 10.0. The Morgan fingerprint density at radius 1 is 0.740 bits per heavy atom. The van der Waals surface area contributed by atoms with E-state index in [1.165, 1.54) is 29.3 Å². The van der Waals surface area contributed by atoms with Crippen molar-refractivity contribution in [3.8, 4) is 11.1 Å². The number of nitrogens with zero attached hydrogens (tertiary/aromatic N) is 3. The molecule has 254 valence electrons. The molecule has 7 nitrogen and oxygen atoms in total. The van der Waals surface area contributed by atoms with Crippen molar-refractivity contribution in [1.29, 1.82) is 0 Å². The van der Waals surface area contributed by atoms with E-state index in [-0.39, 0.29) is 30.8 Å². The average Bonchev–Trinajstić information content (AvgIpc) is 3.12. The Labute approximate surface area is 285 Å². The lowest BCUT2D eigenvalue weighted by Gasteiger charge is -2.35. The molecule has 0 saturated carbocycles. The number of carbonyl (C=O) groups excluding carboxylic acids is 2. The molecule has 0 aliphatic carbocycles. The second kappa shape index (κ2) is 14.7. The van der Waals surface area contributed by atoms with Gasteiger partial charge in [-0.05, 0) is 64.2 Å². The van der Waals surface area contributed by atoms with Gasteiger partial charge < -0.3 is 19.5 Å². The number of anilines is 1. The Morgan fingerprint density at radius 3 is 2.14 bits per heavy atom. The fraction of sp³-hybridized carbons (Fsp3) is 0.154. The van der Waals surface area contributed by atoms with Crippen LogP contribution in [0.1, 0.15) is 22.3 Å². The quantitative estimate of drug-likeness (QED) is 0.0630. The molecule has 1 fully saturated rings. The summed E-state index contributed by atoms with van der Waals surface area (Å²) >= 11 is 0. The van der Waals surface area contributed by atoms with Crippen LogP contribution in [0, 0.1) is 23.3 Å². The topological polar surface area (TPSA) is 82.8 Å². The van der Waals surface area contributed by atoms with Gasteiger partial charge in [-0.3, -0.25) is 14.4 Å². The first kappa shape index (κ1) is 33.9. The number of rotatable bonds is 9. The summed E-state index contributed by atoms with van der Waals surface area (Å²) in [5, 5.41) is 11.0. The van der Waals surface area contributed by atoms with E-state index in [0.29, 0.717) is 30.8 Å². The molecule has 50 heavy (non-hydrogen) atoms. The van der Waals surface area contributed by atoms with Crippen LogP contribution in [0.2, 0.25) is 0 Å². The molecule has 0 radical (unpaired) electrons. The highest BCUT2D eigenvalue weighted by molar-refractivity contribution is 6.41. The van der Waals surface area contributed by atoms with Gasteiger partial charge >= 0.3 is 0 Å². The van der Waals surface area contributed by atoms with Gasteiger partial charge in [0.1, 0.15) is 17.4 Å². The normalized spacial score (nSPS) is 13.4. The van der Waals surface area contributed by atoms with Gasteiger partial charge in [-0.25, -0.2) is 17.6 Å². The summed E-state index contributed by atoms with van der Waals surface area (Å²) in [7, 11) is 0. The zero-order valence-electron chi connectivity index (χ0n) is 26.7. The average molecular weight is 682 g/mol. The fourth-order valence-corrected chi connectivity index (χ4v) is 5.97. The smallest absolute Gasteiger partial charge is 0.294 e. The highest BCUT2D eigenvalue weighted by atomic mass is 19.2. The van der Waals surface area contributed by atoms with Gasteiger partial charge in [-0.15, -0.1) is 0 Å². The van der Waals surface area contributed by atoms with Crippen LogP contribution in [0.4, 0.5) is 23.2 Å². The number of hydrogen-bond donors (Lipinski definition) is 1. The number of piperazine rings is 1. The van der Waals surface area contributed by atoms with Gasteiger partial charge in [0.15, 0.2) is 11.6 Å². The van der Waals surface area contributed by atoms with Crippen LogP contribution in [0.15, 0.2) is 114 Å². The molecule has 1 aromatic heterocycles. The molecule has 6 rings (SSSR count). The molecule has 1 aliphatic rings. The predicted molar refractivity (Wildman–Crippen MR) is 182 cm³/mol. The lowest BCUT2D eigenvalue weighted by Crippen LogP contribution is -2.50. The number of carbonyl (C=O) groups is 2. The Balaban J connectivity index is 1.19. The Bertz CT molecular complexity index is 2140. The van der Waals surface area contributed by atoms with E-state index >= 15 is 0 Å². The first-order chi connectivity index (χ1) is 24.0. The molecule has 4 aromatic carbocycles. The van der Waals surface area contributed by atoms with Crippen LogP contribution >= 0.6 is 0 Å². The summed E-state index contributed by atoms with van der Waals surface area (Å²) in [6, 6.07) is 25.7. The molecule has 2 heterocycles. The molecule has 0 atom stereocenters. The number of aromatic nitrogens is 1. The maximum absolute atomic E-state index is 14.5. The highest BCUT2D eigenvalue weighted by Gasteiger charge is 2.26. The number of ketones is 1. The van der Waals surface area contributed by atoms with Crippen molar-refractivity contribution in [2.45, 2.75) is 13.0 Å². The van der Waals surface area contributed by atoms with E-state index in [2.05, 4.69) is 4.90 Å². The van der Waals surface area contributed by atoms with E-state index in [0.717, 1.165) is 33.5 Å². The van der Waals surface area contributed by atoms with Crippen LogP contribution in [0.25, 0.3) is 16.9 Å². The zero-order chi connectivity index (χ0) is 35.4. The first-order valence-corrected chi connectivity index (χ1v) is 15.8. The molecule has 5 aromatic rings. The van der Waals surface area contributed by atoms with Gasteiger partial charge in [0.05, 0.1) is 12.1 Å². The van der Waals surface area contributed by atoms with Crippen LogP contribution in [0.3, 0.4) is 0 Å². The second-order valence-corrected chi connectivity index (χ2v) is 11.9. The molecule has 0 spiro atoms. The predicted octanol–water partition coefficient (Wildman–Crippen LogP) is 6.53. The van der Waals surface area contributed by atoms with Gasteiger partial charge in [0, 0.05) is 56.6 Å². The van der Waals surface area contributed by atoms with Gasteiger partial charge in [0.25, 0.3) is 11.5 Å². The molecular weight excluding hydrogens is 650 g/mol. The van der Waals surface area contributed by atoms with Crippen LogP contribution < -0.4 is 10.5 Å². The Morgan fingerprint density at radius 2 is 1.44 bits per heavy atom. The molecule has 0 unspecified atom stereocenters. The van der Waals surface area contributed by atoms with Crippen molar-refractivity contribution in [2.75, 3.05) is 31.1 Å². The first-order valence-electron chi connectivity index (χ1n) is 15.8. The van der Waals surface area contributed by atoms with E-state index < -0.39 is 58.3 Å². The van der Waals surface area contributed by atoms with Crippen molar-refractivity contribution in [1.82, 2.24) is 9.47 Å². The third kappa shape index (κ3) is 7.67. The van der Waals surface area contributed by atoms with E-state index in [4.69, 9.17) is 0 Å². The minimum Gasteiger partial charge on any atom is -0.507 e. The number of benzene rings is 4. The van der Waals surface area contributed by atoms with Crippen LogP contribution in [-0.2, 0) is 22.6 Å². The van der Waals surface area contributed by atoms with Crippen molar-refractivity contribution in [2.24, 2.45) is 0 Å². The van der Waals surface area contributed by atoms with Gasteiger partial charge in [-0.1, -0.05) is 54.6 Å². The summed E-state index contributed by atoms with van der Waals surface area (Å²) in [5.41, 5.74) is 2.08. The number of amides is 1. The van der Waals surface area contributed by atoms with Gasteiger partial charge in [0.2, 0.25) is 5.78 Å². The number of pyridine rings is 1. The van der Waals surface area contributed by atoms with E-state index in [1.807, 2.05) is 54.6 Å². The van der Waals surface area contributed by atoms with Crippen LogP contribution in [-0.4, -0.2) is 52.4 Å². The minimum atomic E-state index is -1.40. The van der Waals surface area contributed by atoms with Crippen molar-refractivity contribution < 1.29 is 32.3 Å². The lowest BCUT2D eigenvalue weighted by molar-refractivity contribution is -0.142. The van der Waals surface area contributed by atoms with E-state index in [1.54, 1.807) is 6.07 Å². The van der Waals surface area contributed by atoms with Crippen LogP contribution in [0.5, 0.6) is 0 Å². The summed E-state index contributed by atoms with van der Waals surface area (Å²) in [5.74, 6) is -7.03. The van der Waals surface area contributed by atoms with E-state index in [9.17, 15) is 37.1 Å². The number of hydrogen-bond acceptors (Lipinski definition) is 5. The largest absolute Gasteiger partial charge is 0.507 e. The molecule has 1 amide bonds. The standard InChI is InChI=1S/C39H31F4N3O4/c40-30-8-4-5-25(18-30)23-46-24-26(17-29-20-31(41)21-34(42)37(29)43)19-33(38(46)49)35(47)22-36(48)39(50)45-15-13-44(14-16-45)32-11-9-28(10-12-32)27-6-2-1-3-7-27/h1-12,18-22,24,47H,13-17,23H2/b35-22+. The van der Waals surface area contributed by atoms with Crippen molar-refractivity contribution >= 4 is 23.1 Å². The molecule has 1 N–H and O–H groups in total. The maximum Gasteiger partial charge on any atom is 0.294 e. The maximum atomic E-state index is 14.5. The zero-order valence-corrected chi connectivity index (χ0v) is 26.7. The van der Waals surface area contributed by atoms with Crippen molar-refractivity contribution in [3.05, 3.63) is 165 Å². The molecule has 1 aliphatic heterocycles. The van der Waals surface area contributed by atoms with Crippen molar-refractivity contribution in [3.63, 3.8) is 0 Å². The molecule has 11 heteroatoms. The SMILES string of the molecule is O=C(/C=C(/O)c1cc(Cc2cc(F)cc(F)c2F)cn(Cc2cccc(F)c2)c1=O)C(=O)N1CCN(c2ccc(-c3ccccc3)cc2)CC1. The summed E-state index contributed by atoms with van der Waals surface area (Å²) in [6.45, 7) is 1.22. The molecular formula is C39H31F4N3O4.